The summed E-state index contributed by atoms with van der Waals surface area (Å²) in [6.07, 6.45) is 0.466. The Morgan fingerprint density at radius 2 is 0.816 bits per heavy atom. The normalized spacial score (nSPS) is 10.7. The number of carbonyl (C=O) groups is 4. The Bertz CT molecular complexity index is 994. The molecule has 0 bridgehead atoms. The molecule has 0 aromatic carbocycles. The summed E-state index contributed by atoms with van der Waals surface area (Å²) in [5.41, 5.74) is 0.918. The highest BCUT2D eigenvalue weighted by molar-refractivity contribution is 7.80. The van der Waals surface area contributed by atoms with Gasteiger partial charge in [0.1, 0.15) is 49.5 Å². The molecule has 0 amide bonds. The first-order valence-corrected chi connectivity index (χ1v) is 14.1. The van der Waals surface area contributed by atoms with E-state index in [1.54, 1.807) is 12.1 Å². The maximum Gasteiger partial charge on any atom is 0.307 e. The fourth-order valence-corrected chi connectivity index (χ4v) is 3.76. The van der Waals surface area contributed by atoms with E-state index in [2.05, 4.69) is 50.5 Å². The van der Waals surface area contributed by atoms with Crippen molar-refractivity contribution in [3.05, 3.63) is 35.2 Å². The largest absolute Gasteiger partial charge is 0.458 e. The van der Waals surface area contributed by atoms with Gasteiger partial charge in [0.25, 0.3) is 0 Å². The van der Waals surface area contributed by atoms with Gasteiger partial charge in [0, 0.05) is 34.1 Å². The SMILES string of the molecule is O=C(CCS)OCc1cc(-c2cc(COC(=O)CCS)oc2COC(=O)CCS)c(COC(=O)CCS)o1. The Kier molecular flexibility index (Phi) is 14.7. The van der Waals surface area contributed by atoms with Crippen LogP contribution in [0.25, 0.3) is 11.1 Å². The van der Waals surface area contributed by atoms with Crippen LogP contribution in [-0.2, 0) is 64.6 Å². The smallest absolute Gasteiger partial charge is 0.307 e. The molecule has 0 aliphatic heterocycles. The standard InChI is InChI=1S/C24H30O10S4/c25-21(1-5-35)29-11-15-9-17(19(33-15)13-31-23(27)3-7-37)18-10-16(12-30-22(26)2-6-36)34-20(18)14-32-24(28)4-8-38/h9-10,35-38H,1-8,11-14H2. The molecule has 2 heterocycles. The molecule has 2 rings (SSSR count). The number of rotatable bonds is 17. The van der Waals surface area contributed by atoms with Crippen LogP contribution in [0.3, 0.4) is 0 Å². The summed E-state index contributed by atoms with van der Waals surface area (Å²) in [6.45, 7) is -0.767. The van der Waals surface area contributed by atoms with E-state index in [0.29, 0.717) is 34.1 Å². The number of thiol groups is 4. The molecule has 0 atom stereocenters. The van der Waals surface area contributed by atoms with Gasteiger partial charge in [-0.2, -0.15) is 50.5 Å². The summed E-state index contributed by atoms with van der Waals surface area (Å²) in [6, 6.07) is 3.21. The summed E-state index contributed by atoms with van der Waals surface area (Å²) in [5.74, 6) is 0.505. The van der Waals surface area contributed by atoms with Crippen LogP contribution in [0.1, 0.15) is 48.7 Å². The maximum atomic E-state index is 11.9. The monoisotopic (exact) mass is 606 g/mol. The van der Waals surface area contributed by atoms with Crippen LogP contribution in [0.5, 0.6) is 0 Å². The van der Waals surface area contributed by atoms with Gasteiger partial charge < -0.3 is 27.8 Å². The molecule has 0 aliphatic carbocycles. The maximum absolute atomic E-state index is 11.9. The topological polar surface area (TPSA) is 131 Å². The molecule has 0 spiro atoms. The zero-order chi connectivity index (χ0) is 27.9. The summed E-state index contributed by atoms with van der Waals surface area (Å²) in [4.78, 5) is 47.5. The van der Waals surface area contributed by atoms with Crippen LogP contribution in [0.2, 0.25) is 0 Å². The van der Waals surface area contributed by atoms with Crippen molar-refractivity contribution < 1.29 is 47.0 Å². The van der Waals surface area contributed by atoms with Gasteiger partial charge in [-0.1, -0.05) is 0 Å². The molecule has 0 unspecified atom stereocenters. The predicted octanol–water partition coefficient (Wildman–Crippen LogP) is 3.99. The number of carbonyl (C=O) groups excluding carboxylic acids is 4. The van der Waals surface area contributed by atoms with E-state index in [1.807, 2.05) is 0 Å². The lowest BCUT2D eigenvalue weighted by Crippen LogP contribution is -2.06. The molecule has 38 heavy (non-hydrogen) atoms. The van der Waals surface area contributed by atoms with Crippen molar-refractivity contribution in [2.45, 2.75) is 52.1 Å². The molecule has 0 saturated carbocycles. The first kappa shape index (κ1) is 32.1. The molecule has 0 N–H and O–H groups in total. The quantitative estimate of drug-likeness (QED) is 0.119. The number of furan rings is 2. The zero-order valence-corrected chi connectivity index (χ0v) is 24.1. The molecular formula is C24H30O10S4. The van der Waals surface area contributed by atoms with Gasteiger partial charge in [0.05, 0.1) is 25.7 Å². The second-order valence-electron chi connectivity index (χ2n) is 7.64. The third-order valence-corrected chi connectivity index (χ3v) is 5.65. The second-order valence-corrected chi connectivity index (χ2v) is 9.43. The molecule has 0 saturated heterocycles. The van der Waals surface area contributed by atoms with Crippen molar-refractivity contribution in [2.24, 2.45) is 0 Å². The third kappa shape index (κ3) is 10.9. The van der Waals surface area contributed by atoms with Gasteiger partial charge in [-0.25, -0.2) is 0 Å². The van der Waals surface area contributed by atoms with Gasteiger partial charge in [-0.15, -0.1) is 0 Å². The van der Waals surface area contributed by atoms with Gasteiger partial charge in [0.15, 0.2) is 0 Å². The predicted molar refractivity (Wildman–Crippen MR) is 149 cm³/mol. The molecule has 2 aromatic rings. The second kappa shape index (κ2) is 17.4. The fraction of sp³-hybridized carbons (Fsp3) is 0.500. The molecule has 10 nitrogen and oxygen atoms in total. The molecule has 14 heteroatoms. The number of esters is 4. The summed E-state index contributed by atoms with van der Waals surface area (Å²) >= 11 is 16.1. The van der Waals surface area contributed by atoms with E-state index in [1.165, 1.54) is 0 Å². The van der Waals surface area contributed by atoms with Gasteiger partial charge in [-0.3, -0.25) is 19.2 Å². The Morgan fingerprint density at radius 1 is 0.526 bits per heavy atom. The van der Waals surface area contributed by atoms with Crippen molar-refractivity contribution in [3.8, 4) is 11.1 Å². The van der Waals surface area contributed by atoms with Crippen molar-refractivity contribution in [1.82, 2.24) is 0 Å². The molecule has 0 aliphatic rings. The van der Waals surface area contributed by atoms with E-state index in [9.17, 15) is 19.2 Å². The minimum Gasteiger partial charge on any atom is -0.458 e. The van der Waals surface area contributed by atoms with Crippen LogP contribution in [0, 0.1) is 0 Å². The molecule has 0 radical (unpaired) electrons. The molecule has 0 fully saturated rings. The van der Waals surface area contributed by atoms with E-state index < -0.39 is 23.9 Å². The molecule has 2 aromatic heterocycles. The van der Waals surface area contributed by atoms with E-state index >= 15 is 0 Å². The lowest BCUT2D eigenvalue weighted by atomic mass is 10.1. The Morgan fingerprint density at radius 3 is 1.11 bits per heavy atom. The number of hydrogen-bond acceptors (Lipinski definition) is 14. The Labute approximate surface area is 242 Å². The fourth-order valence-electron chi connectivity index (χ4n) is 3.03. The Hall–Kier alpha value is -2.16. The highest BCUT2D eigenvalue weighted by atomic mass is 32.1. The highest BCUT2D eigenvalue weighted by Crippen LogP contribution is 2.34. The number of hydrogen-bond donors (Lipinski definition) is 4. The lowest BCUT2D eigenvalue weighted by molar-refractivity contribution is -0.146. The highest BCUT2D eigenvalue weighted by Gasteiger charge is 2.23. The van der Waals surface area contributed by atoms with Crippen LogP contribution in [-0.4, -0.2) is 46.9 Å². The molecule has 210 valence electrons. The average Bonchev–Trinajstić information content (AvgIpc) is 3.48. The lowest BCUT2D eigenvalue weighted by Gasteiger charge is -2.06. The minimum atomic E-state index is -0.478. The number of ether oxygens (including phenoxy) is 4. The van der Waals surface area contributed by atoms with Crippen LogP contribution < -0.4 is 0 Å². The molecular weight excluding hydrogens is 577 g/mol. The van der Waals surface area contributed by atoms with Crippen molar-refractivity contribution >= 4 is 74.4 Å². The van der Waals surface area contributed by atoms with E-state index in [0.717, 1.165) is 0 Å². The Balaban J connectivity index is 2.38. The van der Waals surface area contributed by atoms with Crippen molar-refractivity contribution in [1.29, 1.82) is 0 Å². The zero-order valence-electron chi connectivity index (χ0n) is 20.5. The van der Waals surface area contributed by atoms with Crippen molar-refractivity contribution in [2.75, 3.05) is 23.0 Å². The van der Waals surface area contributed by atoms with Crippen LogP contribution in [0.4, 0.5) is 0 Å². The third-order valence-electron chi connectivity index (χ3n) is 4.75. The first-order valence-electron chi connectivity index (χ1n) is 11.6. The summed E-state index contributed by atoms with van der Waals surface area (Å²) < 4.78 is 32.7. The van der Waals surface area contributed by atoms with Crippen molar-refractivity contribution in [3.63, 3.8) is 0 Å². The van der Waals surface area contributed by atoms with Gasteiger partial charge in [-0.05, 0) is 12.1 Å². The first-order chi connectivity index (χ1) is 18.3. The average molecular weight is 607 g/mol. The van der Waals surface area contributed by atoms with Crippen LogP contribution >= 0.6 is 50.5 Å². The summed E-state index contributed by atoms with van der Waals surface area (Å²) in [5, 5.41) is 0. The van der Waals surface area contributed by atoms with E-state index in [4.69, 9.17) is 27.8 Å². The summed E-state index contributed by atoms with van der Waals surface area (Å²) in [7, 11) is 0. The van der Waals surface area contributed by atoms with Gasteiger partial charge >= 0.3 is 23.9 Å². The van der Waals surface area contributed by atoms with E-state index in [-0.39, 0.29) is 75.2 Å². The van der Waals surface area contributed by atoms with Crippen LogP contribution in [0.15, 0.2) is 21.0 Å². The van der Waals surface area contributed by atoms with Gasteiger partial charge in [0.2, 0.25) is 0 Å². The minimum absolute atomic E-state index is 0.104.